The molecule has 0 radical (unpaired) electrons. The molecule has 0 aromatic heterocycles. The number of carboxylic acids is 1. The molecule has 0 heterocycles. The van der Waals surface area contributed by atoms with Crippen molar-refractivity contribution in [1.29, 1.82) is 0 Å². The number of esters is 2. The van der Waals surface area contributed by atoms with Gasteiger partial charge in [-0.1, -0.05) is 200 Å². The third-order valence-electron chi connectivity index (χ3n) is 11.3. The second kappa shape index (κ2) is 51.3. The van der Waals surface area contributed by atoms with Gasteiger partial charge in [0.05, 0.1) is 40.3 Å². The molecule has 0 aliphatic heterocycles. The summed E-state index contributed by atoms with van der Waals surface area (Å²) in [6.07, 6.45) is 67.0. The van der Waals surface area contributed by atoms with E-state index in [4.69, 9.17) is 18.9 Å². The van der Waals surface area contributed by atoms with Gasteiger partial charge in [0, 0.05) is 12.8 Å². The van der Waals surface area contributed by atoms with Crippen molar-refractivity contribution in [2.45, 2.75) is 212 Å². The predicted molar refractivity (Wildman–Crippen MR) is 292 cm³/mol. The van der Waals surface area contributed by atoms with Crippen LogP contribution in [0.3, 0.4) is 0 Å². The van der Waals surface area contributed by atoms with Gasteiger partial charge in [-0.05, 0) is 96.3 Å². The van der Waals surface area contributed by atoms with Gasteiger partial charge in [0.1, 0.15) is 13.2 Å². The summed E-state index contributed by atoms with van der Waals surface area (Å²) in [5.74, 6) is -2.32. The smallest absolute Gasteiger partial charge is 0.306 e. The number of nitrogens with zero attached hydrogens (tertiary/aromatic N) is 1. The molecular formula is C61H101NO8. The quantitative estimate of drug-likeness (QED) is 0.0195. The summed E-state index contributed by atoms with van der Waals surface area (Å²) in [5.41, 5.74) is 0. The lowest BCUT2D eigenvalue weighted by Crippen LogP contribution is -2.44. The lowest BCUT2D eigenvalue weighted by atomic mass is 10.1. The minimum absolute atomic E-state index is 0.138. The van der Waals surface area contributed by atoms with Gasteiger partial charge in [0.25, 0.3) is 0 Å². The van der Waals surface area contributed by atoms with Crippen LogP contribution in [0.25, 0.3) is 0 Å². The van der Waals surface area contributed by atoms with Crippen LogP contribution in [0.5, 0.6) is 0 Å². The lowest BCUT2D eigenvalue weighted by Gasteiger charge is -2.26. The highest BCUT2D eigenvalue weighted by molar-refractivity contribution is 5.70. The number of likely N-dealkylation sites (N-methyl/N-ethyl adjacent to an activating group) is 1. The third-order valence-corrected chi connectivity index (χ3v) is 11.3. The molecule has 2 unspecified atom stereocenters. The Morgan fingerprint density at radius 1 is 0.443 bits per heavy atom. The van der Waals surface area contributed by atoms with Crippen molar-refractivity contribution in [3.8, 4) is 0 Å². The zero-order valence-corrected chi connectivity index (χ0v) is 45.1. The minimum atomic E-state index is -1.63. The maximum atomic E-state index is 12.8. The first-order chi connectivity index (χ1) is 34.1. The fourth-order valence-electron chi connectivity index (χ4n) is 7.00. The molecule has 2 atom stereocenters. The number of quaternary nitrogens is 1. The normalized spacial score (nSPS) is 13.7. The Hall–Kier alpha value is -4.05. The van der Waals surface area contributed by atoms with Crippen molar-refractivity contribution in [2.75, 3.05) is 47.5 Å². The van der Waals surface area contributed by atoms with Gasteiger partial charge in [0.15, 0.2) is 12.4 Å². The molecule has 0 aliphatic rings. The zero-order valence-electron chi connectivity index (χ0n) is 45.1. The fraction of sp³-hybridized carbons (Fsp3) is 0.656. The lowest BCUT2D eigenvalue weighted by molar-refractivity contribution is -0.870. The average molecular weight is 976 g/mol. The molecule has 398 valence electrons. The van der Waals surface area contributed by atoms with Crippen molar-refractivity contribution >= 4 is 17.9 Å². The number of hydrogen-bond acceptors (Lipinski definition) is 8. The first-order valence-electron chi connectivity index (χ1n) is 27.5. The summed E-state index contributed by atoms with van der Waals surface area (Å²) >= 11 is 0. The molecule has 0 saturated carbocycles. The van der Waals surface area contributed by atoms with E-state index in [0.29, 0.717) is 17.4 Å². The monoisotopic (exact) mass is 976 g/mol. The van der Waals surface area contributed by atoms with Crippen LogP contribution >= 0.6 is 0 Å². The van der Waals surface area contributed by atoms with Crippen molar-refractivity contribution in [1.82, 2.24) is 0 Å². The number of hydrogen-bond donors (Lipinski definition) is 0. The number of allylic oxidation sites excluding steroid dienone is 18. The van der Waals surface area contributed by atoms with Gasteiger partial charge < -0.3 is 33.3 Å². The van der Waals surface area contributed by atoms with E-state index >= 15 is 0 Å². The van der Waals surface area contributed by atoms with Crippen molar-refractivity contribution in [3.63, 3.8) is 0 Å². The van der Waals surface area contributed by atoms with Crippen molar-refractivity contribution in [2.24, 2.45) is 0 Å². The number of aliphatic carboxylic acids is 1. The summed E-state index contributed by atoms with van der Waals surface area (Å²) in [5, 5.41) is 11.7. The molecule has 0 spiro atoms. The van der Waals surface area contributed by atoms with Crippen LogP contribution in [0.2, 0.25) is 0 Å². The summed E-state index contributed by atoms with van der Waals surface area (Å²) in [7, 11) is 5.90. The zero-order chi connectivity index (χ0) is 51.3. The molecule has 9 nitrogen and oxygen atoms in total. The minimum Gasteiger partial charge on any atom is -0.545 e. The molecule has 0 bridgehead atoms. The van der Waals surface area contributed by atoms with Crippen LogP contribution in [0.15, 0.2) is 109 Å². The average Bonchev–Trinajstić information content (AvgIpc) is 3.33. The Morgan fingerprint density at radius 2 is 0.814 bits per heavy atom. The third kappa shape index (κ3) is 51.8. The van der Waals surface area contributed by atoms with Gasteiger partial charge in [-0.2, -0.15) is 0 Å². The molecule has 0 aromatic rings. The molecule has 70 heavy (non-hydrogen) atoms. The van der Waals surface area contributed by atoms with E-state index in [-0.39, 0.29) is 38.6 Å². The highest BCUT2D eigenvalue weighted by Gasteiger charge is 2.22. The summed E-state index contributed by atoms with van der Waals surface area (Å²) in [6, 6.07) is 0. The second-order valence-electron chi connectivity index (χ2n) is 19.1. The van der Waals surface area contributed by atoms with Crippen LogP contribution < -0.4 is 5.11 Å². The standard InChI is InChI=1S/C61H101NO8/c1-6-8-10-12-14-16-18-20-22-23-24-25-26-27-28-29-30-31-32-33-34-35-36-37-38-40-42-44-46-48-50-52-59(64)70-57(56-69-61(60(65)66)67-54-53-62(3,4)5)55-68-58(63)51-49-47-45-43-41-39-21-19-17-15-13-11-9-7-2/h8,10,13-16,19-22,24-25,27-28,30-31,33-34,57,61H,6-7,9,11-12,17-18,23,26,29,32,35-56H2,1-5H3/b10-8-,15-13-,16-14-,21-19-,22-20-,25-24-,28-27-,31-30-,34-33-. The van der Waals surface area contributed by atoms with E-state index in [0.717, 1.165) is 122 Å². The molecule has 0 fully saturated rings. The summed E-state index contributed by atoms with van der Waals surface area (Å²) in [4.78, 5) is 37.2. The van der Waals surface area contributed by atoms with Gasteiger partial charge in [-0.15, -0.1) is 0 Å². The van der Waals surface area contributed by atoms with Crippen LogP contribution in [-0.2, 0) is 33.3 Å². The summed E-state index contributed by atoms with van der Waals surface area (Å²) in [6.45, 7) is 4.55. The number of unbranched alkanes of at least 4 members (excludes halogenated alkanes) is 16. The molecule has 0 amide bonds. The van der Waals surface area contributed by atoms with Gasteiger partial charge in [-0.3, -0.25) is 9.59 Å². The highest BCUT2D eigenvalue weighted by Crippen LogP contribution is 2.14. The Balaban J connectivity index is 4.27. The Kier molecular flexibility index (Phi) is 48.3. The first-order valence-corrected chi connectivity index (χ1v) is 27.5. The van der Waals surface area contributed by atoms with Gasteiger partial charge in [-0.25, -0.2) is 0 Å². The van der Waals surface area contributed by atoms with Gasteiger partial charge in [0.2, 0.25) is 0 Å². The molecule has 9 heteroatoms. The van der Waals surface area contributed by atoms with Crippen LogP contribution in [0.1, 0.15) is 200 Å². The van der Waals surface area contributed by atoms with Gasteiger partial charge >= 0.3 is 11.9 Å². The largest absolute Gasteiger partial charge is 0.545 e. The van der Waals surface area contributed by atoms with E-state index in [1.54, 1.807) is 0 Å². The van der Waals surface area contributed by atoms with E-state index in [1.165, 1.54) is 44.9 Å². The molecule has 0 saturated heterocycles. The molecular weight excluding hydrogens is 875 g/mol. The maximum absolute atomic E-state index is 12.8. The molecule has 0 rings (SSSR count). The van der Waals surface area contributed by atoms with Crippen molar-refractivity contribution in [3.05, 3.63) is 109 Å². The predicted octanol–water partition coefficient (Wildman–Crippen LogP) is 14.6. The Labute approximate surface area is 428 Å². The van der Waals surface area contributed by atoms with E-state index in [1.807, 2.05) is 21.1 Å². The van der Waals surface area contributed by atoms with Crippen molar-refractivity contribution < 1.29 is 42.9 Å². The highest BCUT2D eigenvalue weighted by atomic mass is 16.7. The number of rotatable bonds is 49. The van der Waals surface area contributed by atoms with E-state index in [9.17, 15) is 19.5 Å². The van der Waals surface area contributed by atoms with Crippen LogP contribution in [0.4, 0.5) is 0 Å². The molecule has 0 N–H and O–H groups in total. The maximum Gasteiger partial charge on any atom is 0.306 e. The first kappa shape index (κ1) is 66.0. The Bertz CT molecular complexity index is 1510. The number of ether oxygens (including phenoxy) is 4. The summed E-state index contributed by atoms with van der Waals surface area (Å²) < 4.78 is 22.6. The van der Waals surface area contributed by atoms with Crippen LogP contribution in [-0.4, -0.2) is 82.3 Å². The number of carbonyl (C=O) groups is 3. The molecule has 0 aliphatic carbocycles. The Morgan fingerprint density at radius 3 is 1.21 bits per heavy atom. The van der Waals surface area contributed by atoms with Crippen LogP contribution in [0, 0.1) is 0 Å². The molecule has 0 aromatic carbocycles. The number of carboxylic acid groups (broad SMARTS) is 1. The fourth-order valence-corrected chi connectivity index (χ4v) is 7.00. The number of carbonyl (C=O) groups excluding carboxylic acids is 3. The second-order valence-corrected chi connectivity index (χ2v) is 19.1. The SMILES string of the molecule is CC/C=C\C/C=C\C/C=C\C/C=C\C/C=C\C/C=C\C/C=C\CCCCCCCCCCCC(=O)OC(COC(=O)CCCCCCC/C=C\C/C=C\CCCC)COC(OCC[N+](C)(C)C)C(=O)[O-]. The topological polar surface area (TPSA) is 111 Å². The van der Waals surface area contributed by atoms with E-state index in [2.05, 4.69) is 123 Å². The van der Waals surface area contributed by atoms with E-state index < -0.39 is 24.3 Å².